The van der Waals surface area contributed by atoms with Crippen molar-refractivity contribution >= 4 is 23.5 Å². The number of hydrogen-bond acceptors (Lipinski definition) is 3. The van der Waals surface area contributed by atoms with Crippen molar-refractivity contribution in [2.75, 3.05) is 18.0 Å². The minimum Gasteiger partial charge on any atom is -0.481 e. The Morgan fingerprint density at radius 1 is 1.21 bits per heavy atom. The third-order valence-corrected chi connectivity index (χ3v) is 4.31. The second kappa shape index (κ2) is 8.47. The van der Waals surface area contributed by atoms with Gasteiger partial charge in [-0.05, 0) is 38.3 Å². The summed E-state index contributed by atoms with van der Waals surface area (Å²) < 4.78 is 0. The van der Waals surface area contributed by atoms with E-state index in [1.165, 1.54) is 0 Å². The molecule has 24 heavy (non-hydrogen) atoms. The van der Waals surface area contributed by atoms with E-state index in [2.05, 4.69) is 0 Å². The SMILES string of the molecule is CCN(C(=O)CCCCC(=O)O)C1CCN(c2ccccc2)C1=O. The summed E-state index contributed by atoms with van der Waals surface area (Å²) >= 11 is 0. The predicted octanol–water partition coefficient (Wildman–Crippen LogP) is 2.29. The van der Waals surface area contributed by atoms with Gasteiger partial charge in [0.25, 0.3) is 0 Å². The number of nitrogens with zero attached hydrogens (tertiary/aromatic N) is 2. The summed E-state index contributed by atoms with van der Waals surface area (Å²) in [4.78, 5) is 39.0. The molecule has 1 aromatic rings. The highest BCUT2D eigenvalue weighted by atomic mass is 16.4. The standard InChI is InChI=1S/C18H24N2O4/c1-2-19(16(21)10-6-7-11-17(22)23)15-12-13-20(18(15)24)14-8-4-3-5-9-14/h3-5,8-9,15H,2,6-7,10-13H2,1H3,(H,22,23). The average Bonchev–Trinajstić information content (AvgIpc) is 2.95. The lowest BCUT2D eigenvalue weighted by atomic mass is 10.1. The molecule has 1 aliphatic rings. The molecule has 1 atom stereocenters. The highest BCUT2D eigenvalue weighted by Crippen LogP contribution is 2.24. The van der Waals surface area contributed by atoms with Crippen molar-refractivity contribution in [3.63, 3.8) is 0 Å². The normalized spacial score (nSPS) is 17.1. The van der Waals surface area contributed by atoms with E-state index in [0.717, 1.165) is 5.69 Å². The summed E-state index contributed by atoms with van der Waals surface area (Å²) in [6.07, 6.45) is 2.00. The Morgan fingerprint density at radius 2 is 1.88 bits per heavy atom. The Hall–Kier alpha value is -2.37. The number of rotatable bonds is 8. The zero-order valence-electron chi connectivity index (χ0n) is 14.0. The van der Waals surface area contributed by atoms with Gasteiger partial charge in [-0.15, -0.1) is 0 Å². The van der Waals surface area contributed by atoms with Crippen LogP contribution in [0.3, 0.4) is 0 Å². The van der Waals surface area contributed by atoms with Gasteiger partial charge in [0.15, 0.2) is 0 Å². The molecular formula is C18H24N2O4. The molecule has 0 saturated carbocycles. The van der Waals surface area contributed by atoms with Crippen molar-refractivity contribution in [2.24, 2.45) is 0 Å². The first kappa shape index (κ1) is 18.0. The van der Waals surface area contributed by atoms with E-state index in [4.69, 9.17) is 5.11 Å². The molecule has 0 spiro atoms. The number of anilines is 1. The zero-order chi connectivity index (χ0) is 17.5. The minimum atomic E-state index is -0.848. The molecule has 2 amide bonds. The van der Waals surface area contributed by atoms with Gasteiger partial charge in [0.05, 0.1) is 0 Å². The van der Waals surface area contributed by atoms with Gasteiger partial charge in [-0.2, -0.15) is 0 Å². The number of carbonyl (C=O) groups excluding carboxylic acids is 2. The summed E-state index contributed by atoms with van der Waals surface area (Å²) in [5.41, 5.74) is 0.856. The summed E-state index contributed by atoms with van der Waals surface area (Å²) in [5.74, 6) is -0.961. The fraction of sp³-hybridized carbons (Fsp3) is 0.500. The van der Waals surface area contributed by atoms with Crippen molar-refractivity contribution in [2.45, 2.75) is 45.1 Å². The second-order valence-electron chi connectivity index (χ2n) is 5.91. The molecule has 1 aromatic carbocycles. The van der Waals surface area contributed by atoms with Crippen LogP contribution >= 0.6 is 0 Å². The topological polar surface area (TPSA) is 77.9 Å². The number of para-hydroxylation sites is 1. The first-order chi connectivity index (χ1) is 11.5. The molecule has 130 valence electrons. The zero-order valence-corrected chi connectivity index (χ0v) is 14.0. The molecule has 1 heterocycles. The maximum absolute atomic E-state index is 12.7. The molecule has 6 nitrogen and oxygen atoms in total. The van der Waals surface area contributed by atoms with Crippen molar-refractivity contribution < 1.29 is 19.5 Å². The van der Waals surface area contributed by atoms with Gasteiger partial charge in [0.2, 0.25) is 11.8 Å². The second-order valence-corrected chi connectivity index (χ2v) is 5.91. The lowest BCUT2D eigenvalue weighted by molar-refractivity contribution is -0.139. The fourth-order valence-corrected chi connectivity index (χ4v) is 3.08. The first-order valence-corrected chi connectivity index (χ1v) is 8.42. The van der Waals surface area contributed by atoms with Crippen LogP contribution in [0.5, 0.6) is 0 Å². The van der Waals surface area contributed by atoms with Crippen LogP contribution in [0.25, 0.3) is 0 Å². The predicted molar refractivity (Wildman–Crippen MR) is 90.7 cm³/mol. The molecule has 0 bridgehead atoms. The van der Waals surface area contributed by atoms with Crippen molar-refractivity contribution in [1.82, 2.24) is 4.90 Å². The van der Waals surface area contributed by atoms with E-state index >= 15 is 0 Å². The Bertz CT molecular complexity index is 588. The molecule has 1 N–H and O–H groups in total. The van der Waals surface area contributed by atoms with Crippen molar-refractivity contribution in [3.8, 4) is 0 Å². The number of likely N-dealkylation sites (N-methyl/N-ethyl adjacent to an activating group) is 1. The van der Waals surface area contributed by atoms with Gasteiger partial charge in [0.1, 0.15) is 6.04 Å². The number of benzene rings is 1. The van der Waals surface area contributed by atoms with Crippen molar-refractivity contribution in [1.29, 1.82) is 0 Å². The molecule has 0 aliphatic carbocycles. The number of aliphatic carboxylic acids is 1. The van der Waals surface area contributed by atoms with Gasteiger partial charge in [-0.3, -0.25) is 14.4 Å². The van der Waals surface area contributed by atoms with Crippen LogP contribution in [0.15, 0.2) is 30.3 Å². The number of carboxylic acids is 1. The molecule has 1 unspecified atom stereocenters. The number of unbranched alkanes of at least 4 members (excludes halogenated alkanes) is 1. The maximum Gasteiger partial charge on any atom is 0.303 e. The van der Waals surface area contributed by atoms with E-state index in [-0.39, 0.29) is 24.7 Å². The molecule has 1 fully saturated rings. The molecule has 0 aromatic heterocycles. The molecule has 1 aliphatic heterocycles. The third kappa shape index (κ3) is 4.34. The Labute approximate surface area is 142 Å². The summed E-state index contributed by atoms with van der Waals surface area (Å²) in [6, 6.07) is 9.05. The highest BCUT2D eigenvalue weighted by molar-refractivity contribution is 6.01. The molecule has 6 heteroatoms. The number of carbonyl (C=O) groups is 3. The van der Waals surface area contributed by atoms with Gasteiger partial charge >= 0.3 is 5.97 Å². The van der Waals surface area contributed by atoms with Gasteiger partial charge < -0.3 is 14.9 Å². The van der Waals surface area contributed by atoms with E-state index in [1.54, 1.807) is 9.80 Å². The van der Waals surface area contributed by atoms with Crippen LogP contribution in [-0.2, 0) is 14.4 Å². The molecule has 1 saturated heterocycles. The lowest BCUT2D eigenvalue weighted by Crippen LogP contribution is -2.45. The number of amides is 2. The maximum atomic E-state index is 12.7. The van der Waals surface area contributed by atoms with Crippen LogP contribution in [0, 0.1) is 0 Å². The summed E-state index contributed by atoms with van der Waals surface area (Å²) in [7, 11) is 0. The smallest absolute Gasteiger partial charge is 0.303 e. The Kier molecular flexibility index (Phi) is 6.35. The molecular weight excluding hydrogens is 308 g/mol. The van der Waals surface area contributed by atoms with E-state index in [1.807, 2.05) is 37.3 Å². The molecule has 0 radical (unpaired) electrons. The summed E-state index contributed by atoms with van der Waals surface area (Å²) in [6.45, 7) is 2.96. The average molecular weight is 332 g/mol. The first-order valence-electron chi connectivity index (χ1n) is 8.42. The van der Waals surface area contributed by atoms with Gasteiger partial charge in [0, 0.05) is 31.6 Å². The molecule has 2 rings (SSSR count). The Balaban J connectivity index is 1.94. The Morgan fingerprint density at radius 3 is 2.50 bits per heavy atom. The monoisotopic (exact) mass is 332 g/mol. The van der Waals surface area contributed by atoms with Crippen molar-refractivity contribution in [3.05, 3.63) is 30.3 Å². The van der Waals surface area contributed by atoms with Crippen LogP contribution in [0.2, 0.25) is 0 Å². The minimum absolute atomic E-state index is 0.0399. The van der Waals surface area contributed by atoms with E-state index in [9.17, 15) is 14.4 Å². The fourth-order valence-electron chi connectivity index (χ4n) is 3.08. The quantitative estimate of drug-likeness (QED) is 0.741. The lowest BCUT2D eigenvalue weighted by Gasteiger charge is -2.27. The number of carboxylic acid groups (broad SMARTS) is 1. The largest absolute Gasteiger partial charge is 0.481 e. The van der Waals surface area contributed by atoms with Crippen LogP contribution in [0.4, 0.5) is 5.69 Å². The van der Waals surface area contributed by atoms with Crippen LogP contribution < -0.4 is 4.90 Å². The van der Waals surface area contributed by atoms with Gasteiger partial charge in [-0.1, -0.05) is 18.2 Å². The summed E-state index contributed by atoms with van der Waals surface area (Å²) in [5, 5.41) is 8.63. The van der Waals surface area contributed by atoms with Gasteiger partial charge in [-0.25, -0.2) is 0 Å². The highest BCUT2D eigenvalue weighted by Gasteiger charge is 2.37. The number of hydrogen-bond donors (Lipinski definition) is 1. The van der Waals surface area contributed by atoms with Crippen LogP contribution in [0.1, 0.15) is 39.0 Å². The van der Waals surface area contributed by atoms with E-state index < -0.39 is 12.0 Å². The van der Waals surface area contributed by atoms with E-state index in [0.29, 0.717) is 32.4 Å². The third-order valence-electron chi connectivity index (χ3n) is 4.31. The van der Waals surface area contributed by atoms with Crippen LogP contribution in [-0.4, -0.2) is 46.9 Å².